The molecule has 0 saturated heterocycles. The Morgan fingerprint density at radius 3 is 2.50 bits per heavy atom. The Balaban J connectivity index is 1.57. The van der Waals surface area contributed by atoms with Gasteiger partial charge in [0.15, 0.2) is 0 Å². The Hall–Kier alpha value is -3.32. The molecule has 1 aliphatic rings. The van der Waals surface area contributed by atoms with E-state index in [1.807, 2.05) is 32.0 Å². The number of hydrogen-bond acceptors (Lipinski definition) is 4. The molecule has 0 saturated carbocycles. The van der Waals surface area contributed by atoms with Crippen LogP contribution < -0.4 is 14.4 Å². The molecule has 1 unspecified atom stereocenters. The topological polar surface area (TPSA) is 75.7 Å². The molecule has 1 atom stereocenters. The van der Waals surface area contributed by atoms with Crippen LogP contribution in [-0.4, -0.2) is 27.0 Å². The van der Waals surface area contributed by atoms with Crippen LogP contribution in [0.4, 0.5) is 11.4 Å². The van der Waals surface area contributed by atoms with Crippen molar-refractivity contribution in [1.82, 2.24) is 0 Å². The first-order valence-corrected chi connectivity index (χ1v) is 11.0. The van der Waals surface area contributed by atoms with Crippen LogP contribution >= 0.6 is 0 Å². The Kier molecular flexibility index (Phi) is 5.22. The summed E-state index contributed by atoms with van der Waals surface area (Å²) in [6.07, 6.45) is -0.262. The van der Waals surface area contributed by atoms with E-state index in [1.54, 1.807) is 42.5 Å². The highest BCUT2D eigenvalue weighted by atomic mass is 32.2. The fraction of sp³-hybridized carbons (Fsp3) is 0.174. The lowest BCUT2D eigenvalue weighted by molar-refractivity contribution is 0.102. The summed E-state index contributed by atoms with van der Waals surface area (Å²) in [5.74, 6) is 0.298. The Morgan fingerprint density at radius 2 is 1.77 bits per heavy atom. The number of nitrogens with zero attached hydrogens (tertiary/aromatic N) is 1. The van der Waals surface area contributed by atoms with Crippen LogP contribution in [0.25, 0.3) is 0 Å². The molecule has 0 aromatic heterocycles. The van der Waals surface area contributed by atoms with E-state index in [-0.39, 0.29) is 23.5 Å². The van der Waals surface area contributed by atoms with E-state index in [4.69, 9.17) is 4.74 Å². The summed E-state index contributed by atoms with van der Waals surface area (Å²) >= 11 is 0. The van der Waals surface area contributed by atoms with Gasteiger partial charge in [-0.05, 0) is 62.4 Å². The number of carbonyl (C=O) groups is 1. The zero-order valence-electron chi connectivity index (χ0n) is 16.7. The third-order valence-electron chi connectivity index (χ3n) is 4.87. The van der Waals surface area contributed by atoms with Gasteiger partial charge in [0.05, 0.1) is 17.1 Å². The van der Waals surface area contributed by atoms with Crippen molar-refractivity contribution in [3.05, 3.63) is 83.9 Å². The molecule has 1 heterocycles. The minimum absolute atomic E-state index is 0.153. The summed E-state index contributed by atoms with van der Waals surface area (Å²) in [5, 5.41) is 2.80. The van der Waals surface area contributed by atoms with Gasteiger partial charge >= 0.3 is 0 Å². The molecule has 0 fully saturated rings. The number of benzene rings is 3. The molecular weight excluding hydrogens is 400 g/mol. The summed E-state index contributed by atoms with van der Waals surface area (Å²) in [7, 11) is -3.77. The molecule has 1 N–H and O–H groups in total. The Bertz CT molecular complexity index is 1190. The third kappa shape index (κ3) is 3.89. The standard InChI is InChI=1S/C23H22N2O4S/c1-16-6-5-7-18(14-16)23(26)24-19-10-12-20(13-11-19)30(27,28)25-15-17(2)29-22-9-4-3-8-21(22)25/h3-14,17H,15H2,1-2H3,(H,24,26). The average molecular weight is 423 g/mol. The summed E-state index contributed by atoms with van der Waals surface area (Å²) in [4.78, 5) is 12.6. The molecule has 1 amide bonds. The van der Waals surface area contributed by atoms with Crippen molar-refractivity contribution in [3.8, 4) is 5.75 Å². The minimum Gasteiger partial charge on any atom is -0.487 e. The second kappa shape index (κ2) is 7.84. The summed E-state index contributed by atoms with van der Waals surface area (Å²) in [6.45, 7) is 3.98. The number of anilines is 2. The van der Waals surface area contributed by atoms with Crippen molar-refractivity contribution < 1.29 is 17.9 Å². The van der Waals surface area contributed by atoms with E-state index in [9.17, 15) is 13.2 Å². The first-order valence-electron chi connectivity index (χ1n) is 9.61. The predicted molar refractivity (Wildman–Crippen MR) is 117 cm³/mol. The molecule has 3 aromatic carbocycles. The first-order chi connectivity index (χ1) is 14.3. The van der Waals surface area contributed by atoms with Crippen LogP contribution in [0, 0.1) is 6.92 Å². The van der Waals surface area contributed by atoms with Crippen molar-refractivity contribution in [2.24, 2.45) is 0 Å². The lowest BCUT2D eigenvalue weighted by atomic mass is 10.1. The minimum atomic E-state index is -3.77. The molecule has 30 heavy (non-hydrogen) atoms. The summed E-state index contributed by atoms with van der Waals surface area (Å²) in [5.41, 5.74) is 2.58. The third-order valence-corrected chi connectivity index (χ3v) is 6.66. The van der Waals surface area contributed by atoms with Gasteiger partial charge in [-0.15, -0.1) is 0 Å². The predicted octanol–water partition coefficient (Wildman–Crippen LogP) is 4.22. The number of hydrogen-bond donors (Lipinski definition) is 1. The number of carbonyl (C=O) groups excluding carboxylic acids is 1. The molecule has 154 valence electrons. The van der Waals surface area contributed by atoms with E-state index < -0.39 is 10.0 Å². The van der Waals surface area contributed by atoms with Gasteiger partial charge in [-0.2, -0.15) is 0 Å². The van der Waals surface area contributed by atoms with Crippen LogP contribution in [0.15, 0.2) is 77.7 Å². The van der Waals surface area contributed by atoms with E-state index in [2.05, 4.69) is 5.32 Å². The number of nitrogens with one attached hydrogen (secondary N) is 1. The maximum absolute atomic E-state index is 13.3. The van der Waals surface area contributed by atoms with Gasteiger partial charge in [0.1, 0.15) is 11.9 Å². The molecule has 0 radical (unpaired) electrons. The molecule has 0 spiro atoms. The number of sulfonamides is 1. The fourth-order valence-electron chi connectivity index (χ4n) is 3.40. The molecule has 1 aliphatic heterocycles. The SMILES string of the molecule is Cc1cccc(C(=O)Nc2ccc(S(=O)(=O)N3CC(C)Oc4ccccc43)cc2)c1. The molecular formula is C23H22N2O4S. The smallest absolute Gasteiger partial charge is 0.264 e. The molecule has 4 rings (SSSR count). The van der Waals surface area contributed by atoms with Crippen LogP contribution in [0.3, 0.4) is 0 Å². The van der Waals surface area contributed by atoms with Crippen molar-refractivity contribution in [3.63, 3.8) is 0 Å². The maximum Gasteiger partial charge on any atom is 0.264 e. The van der Waals surface area contributed by atoms with Crippen molar-refractivity contribution >= 4 is 27.3 Å². The largest absolute Gasteiger partial charge is 0.487 e. The highest BCUT2D eigenvalue weighted by molar-refractivity contribution is 7.92. The van der Waals surface area contributed by atoms with Crippen LogP contribution in [-0.2, 0) is 10.0 Å². The number of rotatable bonds is 4. The highest BCUT2D eigenvalue weighted by Crippen LogP contribution is 2.36. The van der Waals surface area contributed by atoms with Crippen LogP contribution in [0.1, 0.15) is 22.8 Å². The summed E-state index contributed by atoms with van der Waals surface area (Å²) in [6, 6.07) is 20.6. The van der Waals surface area contributed by atoms with Crippen LogP contribution in [0.5, 0.6) is 5.75 Å². The zero-order chi connectivity index (χ0) is 21.3. The second-order valence-electron chi connectivity index (χ2n) is 7.28. The Labute approximate surface area is 176 Å². The number of fused-ring (bicyclic) bond motifs is 1. The molecule has 0 bridgehead atoms. The number of ether oxygens (including phenoxy) is 1. The maximum atomic E-state index is 13.3. The fourth-order valence-corrected chi connectivity index (χ4v) is 4.95. The molecule has 7 heteroatoms. The van der Waals surface area contributed by atoms with Crippen molar-refractivity contribution in [1.29, 1.82) is 0 Å². The van der Waals surface area contributed by atoms with E-state index in [0.29, 0.717) is 22.7 Å². The number of para-hydroxylation sites is 2. The number of aryl methyl sites for hydroxylation is 1. The number of amides is 1. The van der Waals surface area contributed by atoms with Gasteiger partial charge in [-0.1, -0.05) is 29.8 Å². The van der Waals surface area contributed by atoms with Gasteiger partial charge < -0.3 is 10.1 Å². The zero-order valence-corrected chi connectivity index (χ0v) is 17.5. The van der Waals surface area contributed by atoms with Crippen molar-refractivity contribution in [2.45, 2.75) is 24.8 Å². The highest BCUT2D eigenvalue weighted by Gasteiger charge is 2.32. The van der Waals surface area contributed by atoms with Gasteiger partial charge in [0.2, 0.25) is 0 Å². The van der Waals surface area contributed by atoms with E-state index >= 15 is 0 Å². The quantitative estimate of drug-likeness (QED) is 0.683. The van der Waals surface area contributed by atoms with Crippen LogP contribution in [0.2, 0.25) is 0 Å². The monoisotopic (exact) mass is 422 g/mol. The Morgan fingerprint density at radius 1 is 1.03 bits per heavy atom. The van der Waals surface area contributed by atoms with E-state index in [1.165, 1.54) is 16.4 Å². The van der Waals surface area contributed by atoms with Gasteiger partial charge in [0.25, 0.3) is 15.9 Å². The summed E-state index contributed by atoms with van der Waals surface area (Å²) < 4.78 is 33.7. The molecule has 0 aliphatic carbocycles. The van der Waals surface area contributed by atoms with Gasteiger partial charge in [-0.3, -0.25) is 9.10 Å². The first kappa shape index (κ1) is 20.0. The molecule has 3 aromatic rings. The van der Waals surface area contributed by atoms with E-state index in [0.717, 1.165) is 5.56 Å². The molecule has 6 nitrogen and oxygen atoms in total. The normalized spacial score (nSPS) is 15.8. The lowest BCUT2D eigenvalue weighted by Gasteiger charge is -2.34. The lowest BCUT2D eigenvalue weighted by Crippen LogP contribution is -2.42. The second-order valence-corrected chi connectivity index (χ2v) is 9.14. The van der Waals surface area contributed by atoms with Gasteiger partial charge in [0, 0.05) is 11.3 Å². The average Bonchev–Trinajstić information content (AvgIpc) is 2.73. The van der Waals surface area contributed by atoms with Gasteiger partial charge in [-0.25, -0.2) is 8.42 Å². The van der Waals surface area contributed by atoms with Crippen molar-refractivity contribution in [2.75, 3.05) is 16.2 Å².